The zero-order valence-electron chi connectivity index (χ0n) is 14.1. The highest BCUT2D eigenvalue weighted by Gasteiger charge is 2.11. The molecule has 0 radical (unpaired) electrons. The van der Waals surface area contributed by atoms with Crippen LogP contribution in [0.15, 0.2) is 86.5 Å². The van der Waals surface area contributed by atoms with Crippen LogP contribution in [0.5, 0.6) is 0 Å². The molecule has 3 aromatic carbocycles. The highest BCUT2D eigenvalue weighted by Crippen LogP contribution is 2.19. The summed E-state index contributed by atoms with van der Waals surface area (Å²) in [5, 5.41) is 0.577. The molecule has 1 heterocycles. The topological polar surface area (TPSA) is 34.9 Å². The summed E-state index contributed by atoms with van der Waals surface area (Å²) in [5.74, 6) is 0.584. The fourth-order valence-corrected chi connectivity index (χ4v) is 3.67. The van der Waals surface area contributed by atoms with E-state index in [0.29, 0.717) is 16.7 Å². The van der Waals surface area contributed by atoms with E-state index in [1.807, 2.05) is 84.9 Å². The van der Waals surface area contributed by atoms with Crippen molar-refractivity contribution in [3.63, 3.8) is 0 Å². The van der Waals surface area contributed by atoms with Gasteiger partial charge in [-0.1, -0.05) is 68.3 Å². The van der Waals surface area contributed by atoms with Crippen molar-refractivity contribution in [2.24, 2.45) is 0 Å². The number of para-hydroxylation sites is 1. The van der Waals surface area contributed by atoms with Crippen molar-refractivity contribution in [3.05, 3.63) is 103 Å². The fraction of sp³-hybridized carbons (Fsp3) is 0. The van der Waals surface area contributed by atoms with Crippen LogP contribution in [0.1, 0.15) is 11.4 Å². The van der Waals surface area contributed by atoms with Crippen LogP contribution in [0.2, 0.25) is 0 Å². The van der Waals surface area contributed by atoms with E-state index in [9.17, 15) is 4.79 Å². The lowest BCUT2D eigenvalue weighted by Gasteiger charge is -2.11. The first-order valence-electron chi connectivity index (χ1n) is 8.33. The summed E-state index contributed by atoms with van der Waals surface area (Å²) in [5.41, 5.74) is 2.38. The fourth-order valence-electron chi connectivity index (χ4n) is 2.89. The molecule has 1 aromatic heterocycles. The Morgan fingerprint density at radius 1 is 0.815 bits per heavy atom. The largest absolute Gasteiger partial charge is 0.268 e. The van der Waals surface area contributed by atoms with Gasteiger partial charge in [0.05, 0.1) is 16.6 Å². The molecule has 27 heavy (non-hydrogen) atoms. The van der Waals surface area contributed by atoms with Crippen LogP contribution < -0.4 is 5.56 Å². The number of fused-ring (bicyclic) bond motifs is 1. The molecule has 4 aromatic rings. The lowest BCUT2D eigenvalue weighted by molar-refractivity contribution is 0.944. The molecule has 0 atom stereocenters. The Morgan fingerprint density at radius 2 is 1.59 bits per heavy atom. The molecule has 4 rings (SSSR count). The van der Waals surface area contributed by atoms with Crippen LogP contribution in [0.25, 0.3) is 28.7 Å². The molecule has 0 aliphatic rings. The van der Waals surface area contributed by atoms with Crippen LogP contribution in [0, 0.1) is 0 Å². The molecule has 0 spiro atoms. The maximum atomic E-state index is 13.2. The second-order valence-electron chi connectivity index (χ2n) is 6.00. The average Bonchev–Trinajstić information content (AvgIpc) is 2.68. The van der Waals surface area contributed by atoms with E-state index >= 15 is 0 Å². The molecule has 0 N–H and O–H groups in total. The van der Waals surface area contributed by atoms with E-state index in [1.54, 1.807) is 4.57 Å². The monoisotopic (exact) mass is 480 g/mol. The molecular weight excluding hydrogens is 468 g/mol. The van der Waals surface area contributed by atoms with Crippen molar-refractivity contribution in [3.8, 4) is 5.69 Å². The van der Waals surface area contributed by atoms with Gasteiger partial charge in [0.2, 0.25) is 0 Å². The highest BCUT2D eigenvalue weighted by atomic mass is 79.9. The summed E-state index contributed by atoms with van der Waals surface area (Å²) in [6.45, 7) is 0. The van der Waals surface area contributed by atoms with Crippen molar-refractivity contribution in [2.75, 3.05) is 0 Å². The molecule has 0 amide bonds. The first-order chi connectivity index (χ1) is 13.1. The lowest BCUT2D eigenvalue weighted by Crippen LogP contribution is -2.22. The molecule has 0 fully saturated rings. The van der Waals surface area contributed by atoms with Crippen LogP contribution in [-0.4, -0.2) is 9.55 Å². The Balaban J connectivity index is 1.95. The minimum atomic E-state index is -0.0959. The van der Waals surface area contributed by atoms with Crippen molar-refractivity contribution >= 4 is 54.9 Å². The van der Waals surface area contributed by atoms with Gasteiger partial charge in [0.25, 0.3) is 5.56 Å². The summed E-state index contributed by atoms with van der Waals surface area (Å²) in [6.07, 6.45) is 3.83. The molecule has 0 saturated heterocycles. The zero-order chi connectivity index (χ0) is 18.8. The van der Waals surface area contributed by atoms with Crippen LogP contribution in [0.3, 0.4) is 0 Å². The SMILES string of the molecule is O=c1c2cc(Br)ccc2nc(/C=C/c2cccc(Br)c2)n1-c1ccccc1. The Labute approximate surface area is 173 Å². The molecule has 3 nitrogen and oxygen atoms in total. The van der Waals surface area contributed by atoms with Gasteiger partial charge in [-0.2, -0.15) is 0 Å². The number of rotatable bonds is 3. The van der Waals surface area contributed by atoms with Gasteiger partial charge in [0, 0.05) is 8.95 Å². The zero-order valence-corrected chi connectivity index (χ0v) is 17.3. The summed E-state index contributed by atoms with van der Waals surface area (Å²) >= 11 is 6.92. The van der Waals surface area contributed by atoms with Crippen molar-refractivity contribution in [2.45, 2.75) is 0 Å². The minimum Gasteiger partial charge on any atom is -0.268 e. The Morgan fingerprint density at radius 3 is 2.37 bits per heavy atom. The Kier molecular flexibility index (Phi) is 5.05. The number of aromatic nitrogens is 2. The average molecular weight is 482 g/mol. The molecule has 0 aliphatic carbocycles. The van der Waals surface area contributed by atoms with E-state index in [1.165, 1.54) is 0 Å². The van der Waals surface area contributed by atoms with Gasteiger partial charge in [-0.25, -0.2) is 4.98 Å². The summed E-state index contributed by atoms with van der Waals surface area (Å²) in [4.78, 5) is 18.0. The number of benzene rings is 3. The summed E-state index contributed by atoms with van der Waals surface area (Å²) in [7, 11) is 0. The number of hydrogen-bond donors (Lipinski definition) is 0. The third kappa shape index (κ3) is 3.80. The van der Waals surface area contributed by atoms with Crippen LogP contribution >= 0.6 is 31.9 Å². The molecule has 5 heteroatoms. The van der Waals surface area contributed by atoms with Gasteiger partial charge in [-0.05, 0) is 54.1 Å². The summed E-state index contributed by atoms with van der Waals surface area (Å²) in [6, 6.07) is 23.1. The third-order valence-corrected chi connectivity index (χ3v) is 5.13. The molecule has 0 aliphatic heterocycles. The van der Waals surface area contributed by atoms with Crippen molar-refractivity contribution < 1.29 is 0 Å². The van der Waals surface area contributed by atoms with Crippen molar-refractivity contribution in [1.82, 2.24) is 9.55 Å². The highest BCUT2D eigenvalue weighted by molar-refractivity contribution is 9.10. The molecular formula is C22H14Br2N2O. The Hall–Kier alpha value is -2.50. The standard InChI is InChI=1S/C22H14Br2N2O/c23-16-6-4-5-15(13-16)9-12-21-25-20-11-10-17(24)14-19(20)22(27)26(21)18-7-2-1-3-8-18/h1-14H/b12-9+. The number of hydrogen-bond acceptors (Lipinski definition) is 2. The maximum absolute atomic E-state index is 13.2. The number of nitrogens with zero attached hydrogens (tertiary/aromatic N) is 2. The van der Waals surface area contributed by atoms with Gasteiger partial charge in [-0.3, -0.25) is 9.36 Å². The van der Waals surface area contributed by atoms with Crippen LogP contribution in [-0.2, 0) is 0 Å². The van der Waals surface area contributed by atoms with E-state index < -0.39 is 0 Å². The van der Waals surface area contributed by atoms with E-state index in [0.717, 1.165) is 20.2 Å². The predicted octanol–water partition coefficient (Wildman–Crippen LogP) is 6.08. The molecule has 0 saturated carbocycles. The van der Waals surface area contributed by atoms with E-state index in [4.69, 9.17) is 4.98 Å². The molecule has 132 valence electrons. The quantitative estimate of drug-likeness (QED) is 0.355. The van der Waals surface area contributed by atoms with E-state index in [-0.39, 0.29) is 5.56 Å². The smallest absolute Gasteiger partial charge is 0.266 e. The van der Waals surface area contributed by atoms with Gasteiger partial charge in [0.15, 0.2) is 0 Å². The van der Waals surface area contributed by atoms with Gasteiger partial charge in [0.1, 0.15) is 5.82 Å². The van der Waals surface area contributed by atoms with Gasteiger partial charge >= 0.3 is 0 Å². The van der Waals surface area contributed by atoms with E-state index in [2.05, 4.69) is 31.9 Å². The minimum absolute atomic E-state index is 0.0959. The third-order valence-electron chi connectivity index (χ3n) is 4.14. The first kappa shape index (κ1) is 17.9. The normalized spacial score (nSPS) is 11.3. The van der Waals surface area contributed by atoms with Gasteiger partial charge in [-0.15, -0.1) is 0 Å². The summed E-state index contributed by atoms with van der Waals surface area (Å²) < 4.78 is 3.50. The van der Waals surface area contributed by atoms with Crippen molar-refractivity contribution in [1.29, 1.82) is 0 Å². The van der Waals surface area contributed by atoms with Gasteiger partial charge < -0.3 is 0 Å². The predicted molar refractivity (Wildman–Crippen MR) is 118 cm³/mol. The first-order valence-corrected chi connectivity index (χ1v) is 9.92. The molecule has 0 unspecified atom stereocenters. The maximum Gasteiger partial charge on any atom is 0.266 e. The number of halogens is 2. The Bertz CT molecular complexity index is 1210. The van der Waals surface area contributed by atoms with Crippen LogP contribution in [0.4, 0.5) is 0 Å². The second-order valence-corrected chi connectivity index (χ2v) is 7.83. The lowest BCUT2D eigenvalue weighted by atomic mass is 10.2. The molecule has 0 bridgehead atoms. The second kappa shape index (κ2) is 7.62.